The number of nitrogens with zero attached hydrogens (tertiary/aromatic N) is 2. The van der Waals surface area contributed by atoms with Crippen molar-refractivity contribution in [2.24, 2.45) is 5.73 Å². The van der Waals surface area contributed by atoms with Crippen LogP contribution in [0.1, 0.15) is 28.1 Å². The van der Waals surface area contributed by atoms with Gasteiger partial charge in [-0.3, -0.25) is 0 Å². The van der Waals surface area contributed by atoms with Gasteiger partial charge < -0.3 is 11.5 Å². The molecule has 19 heavy (non-hydrogen) atoms. The van der Waals surface area contributed by atoms with E-state index in [9.17, 15) is 0 Å². The topological polar surface area (TPSA) is 88.7 Å². The number of rotatable bonds is 1. The predicted octanol–water partition coefficient (Wildman–Crippen LogP) is 1.94. The number of nitriles is 1. The van der Waals surface area contributed by atoms with Crippen LogP contribution >= 0.6 is 11.3 Å². The highest BCUT2D eigenvalue weighted by atomic mass is 32.1. The summed E-state index contributed by atoms with van der Waals surface area (Å²) >= 11 is 1.52. The molecule has 1 heterocycles. The molecule has 1 aliphatic carbocycles. The van der Waals surface area contributed by atoms with Crippen molar-refractivity contribution in [2.75, 3.05) is 5.73 Å². The Labute approximate surface area is 115 Å². The number of fused-ring (bicyclic) bond motifs is 1. The first-order valence-corrected chi connectivity index (χ1v) is 6.96. The van der Waals surface area contributed by atoms with Crippen molar-refractivity contribution >= 4 is 16.5 Å². The minimum Gasteiger partial charge on any atom is -0.375 e. The van der Waals surface area contributed by atoms with Crippen molar-refractivity contribution in [3.05, 3.63) is 46.0 Å². The van der Waals surface area contributed by atoms with Crippen LogP contribution in [0.2, 0.25) is 0 Å². The zero-order valence-corrected chi connectivity index (χ0v) is 11.2. The smallest absolute Gasteiger partial charge is 0.180 e. The highest BCUT2D eigenvalue weighted by Crippen LogP contribution is 2.37. The lowest BCUT2D eigenvalue weighted by Gasteiger charge is -2.33. The fourth-order valence-electron chi connectivity index (χ4n) is 2.60. The molecule has 4 N–H and O–H groups in total. The van der Waals surface area contributed by atoms with Crippen LogP contribution in [0, 0.1) is 11.3 Å². The lowest BCUT2D eigenvalue weighted by atomic mass is 9.78. The first kappa shape index (κ1) is 12.2. The van der Waals surface area contributed by atoms with E-state index < -0.39 is 5.54 Å². The molecular weight excluding hydrogens is 256 g/mol. The van der Waals surface area contributed by atoms with E-state index in [0.717, 1.165) is 30.5 Å². The molecule has 96 valence electrons. The number of benzene rings is 1. The Kier molecular flexibility index (Phi) is 2.77. The zero-order chi connectivity index (χ0) is 13.5. The molecule has 1 atom stereocenters. The average Bonchev–Trinajstić information content (AvgIpc) is 2.78. The normalized spacial score (nSPS) is 21.7. The molecule has 4 nitrogen and oxygen atoms in total. The van der Waals surface area contributed by atoms with Gasteiger partial charge in [0.1, 0.15) is 0 Å². The Morgan fingerprint density at radius 1 is 1.42 bits per heavy atom. The molecule has 0 amide bonds. The maximum absolute atomic E-state index is 8.99. The van der Waals surface area contributed by atoms with Gasteiger partial charge in [0.05, 0.1) is 17.3 Å². The minimum atomic E-state index is -0.418. The van der Waals surface area contributed by atoms with E-state index in [2.05, 4.69) is 11.1 Å². The van der Waals surface area contributed by atoms with Gasteiger partial charge in [-0.05, 0) is 30.5 Å². The second-order valence-electron chi connectivity index (χ2n) is 4.95. The molecule has 3 rings (SSSR count). The van der Waals surface area contributed by atoms with Gasteiger partial charge >= 0.3 is 0 Å². The quantitative estimate of drug-likeness (QED) is 0.828. The fraction of sp³-hybridized carbons (Fsp3) is 0.286. The summed E-state index contributed by atoms with van der Waals surface area (Å²) in [4.78, 5) is 5.51. The molecule has 1 unspecified atom stereocenters. The van der Waals surface area contributed by atoms with Crippen LogP contribution in [0.4, 0.5) is 5.13 Å². The van der Waals surface area contributed by atoms with Gasteiger partial charge in [-0.1, -0.05) is 12.1 Å². The van der Waals surface area contributed by atoms with E-state index in [1.807, 2.05) is 18.2 Å². The van der Waals surface area contributed by atoms with Crippen molar-refractivity contribution in [2.45, 2.75) is 24.8 Å². The number of nitrogens with two attached hydrogens (primary N) is 2. The van der Waals surface area contributed by atoms with Gasteiger partial charge in [-0.2, -0.15) is 5.26 Å². The summed E-state index contributed by atoms with van der Waals surface area (Å²) in [5.41, 5.74) is 14.6. The summed E-state index contributed by atoms with van der Waals surface area (Å²) in [5.74, 6) is 0. The fourth-order valence-corrected chi connectivity index (χ4v) is 3.60. The lowest BCUT2D eigenvalue weighted by Crippen LogP contribution is -2.41. The summed E-state index contributed by atoms with van der Waals surface area (Å²) in [6.07, 6.45) is 2.42. The van der Waals surface area contributed by atoms with Gasteiger partial charge in [-0.15, -0.1) is 11.3 Å². The molecule has 5 heteroatoms. The van der Waals surface area contributed by atoms with Crippen LogP contribution in [0.5, 0.6) is 0 Å². The Bertz CT molecular complexity index is 670. The van der Waals surface area contributed by atoms with E-state index in [4.69, 9.17) is 16.7 Å². The van der Waals surface area contributed by atoms with Gasteiger partial charge in [0, 0.05) is 16.8 Å². The van der Waals surface area contributed by atoms with E-state index >= 15 is 0 Å². The molecule has 1 aromatic carbocycles. The van der Waals surface area contributed by atoms with Crippen molar-refractivity contribution in [1.82, 2.24) is 4.98 Å². The molecule has 0 spiro atoms. The first-order valence-electron chi connectivity index (χ1n) is 6.14. The summed E-state index contributed by atoms with van der Waals surface area (Å²) in [7, 11) is 0. The molecule has 0 fully saturated rings. The van der Waals surface area contributed by atoms with Crippen LogP contribution in [0.25, 0.3) is 0 Å². The molecule has 0 saturated carbocycles. The van der Waals surface area contributed by atoms with Crippen LogP contribution in [0.3, 0.4) is 0 Å². The third kappa shape index (κ3) is 2.09. The summed E-state index contributed by atoms with van der Waals surface area (Å²) < 4.78 is 0. The molecule has 0 radical (unpaired) electrons. The number of aromatic nitrogens is 1. The Balaban J connectivity index is 1.99. The van der Waals surface area contributed by atoms with Crippen molar-refractivity contribution in [3.8, 4) is 6.07 Å². The molecule has 1 aliphatic rings. The minimum absolute atomic E-state index is 0.418. The lowest BCUT2D eigenvalue weighted by molar-refractivity contribution is 0.386. The second-order valence-corrected chi connectivity index (χ2v) is 6.06. The van der Waals surface area contributed by atoms with Gasteiger partial charge in [0.25, 0.3) is 0 Å². The maximum Gasteiger partial charge on any atom is 0.180 e. The SMILES string of the molecule is N#Cc1cccc(C2(N)CCc3nc(N)sc3C2)c1. The predicted molar refractivity (Wildman–Crippen MR) is 75.6 cm³/mol. The van der Waals surface area contributed by atoms with Crippen molar-refractivity contribution in [3.63, 3.8) is 0 Å². The van der Waals surface area contributed by atoms with Gasteiger partial charge in [0.15, 0.2) is 5.13 Å². The molecule has 0 saturated heterocycles. The second kappa shape index (κ2) is 4.34. The zero-order valence-electron chi connectivity index (χ0n) is 10.4. The monoisotopic (exact) mass is 270 g/mol. The molecule has 0 bridgehead atoms. The number of nitrogen functional groups attached to an aromatic ring is 1. The van der Waals surface area contributed by atoms with Crippen LogP contribution in [0.15, 0.2) is 24.3 Å². The standard InChI is InChI=1S/C14H14N4S/c15-8-9-2-1-3-10(6-9)14(17)5-4-11-12(7-14)19-13(16)18-11/h1-3,6H,4-5,7,17H2,(H2,16,18). The Morgan fingerprint density at radius 2 is 2.26 bits per heavy atom. The van der Waals surface area contributed by atoms with Crippen molar-refractivity contribution < 1.29 is 0 Å². The van der Waals surface area contributed by atoms with E-state index in [1.165, 1.54) is 16.2 Å². The Morgan fingerprint density at radius 3 is 3.05 bits per heavy atom. The third-order valence-corrected chi connectivity index (χ3v) is 4.57. The summed E-state index contributed by atoms with van der Waals surface area (Å²) in [6, 6.07) is 9.73. The van der Waals surface area contributed by atoms with Crippen LogP contribution in [-0.2, 0) is 18.4 Å². The molecule has 2 aromatic rings. The maximum atomic E-state index is 8.99. The highest BCUT2D eigenvalue weighted by Gasteiger charge is 2.34. The number of anilines is 1. The molecule has 0 aliphatic heterocycles. The van der Waals surface area contributed by atoms with Crippen LogP contribution < -0.4 is 11.5 Å². The average molecular weight is 270 g/mol. The van der Waals surface area contributed by atoms with Crippen molar-refractivity contribution in [1.29, 1.82) is 5.26 Å². The van der Waals surface area contributed by atoms with E-state index in [0.29, 0.717) is 10.7 Å². The van der Waals surface area contributed by atoms with E-state index in [1.54, 1.807) is 6.07 Å². The number of thiazole rings is 1. The highest BCUT2D eigenvalue weighted by molar-refractivity contribution is 7.15. The van der Waals surface area contributed by atoms with Gasteiger partial charge in [0.2, 0.25) is 0 Å². The molecular formula is C14H14N4S. The molecule has 1 aromatic heterocycles. The van der Waals surface area contributed by atoms with E-state index in [-0.39, 0.29) is 0 Å². The summed E-state index contributed by atoms with van der Waals surface area (Å²) in [6.45, 7) is 0. The first-order chi connectivity index (χ1) is 9.10. The largest absolute Gasteiger partial charge is 0.375 e. The van der Waals surface area contributed by atoms with Gasteiger partial charge in [-0.25, -0.2) is 4.98 Å². The van der Waals surface area contributed by atoms with Crippen LogP contribution in [-0.4, -0.2) is 4.98 Å². The number of hydrogen-bond acceptors (Lipinski definition) is 5. The number of hydrogen-bond donors (Lipinski definition) is 2. The third-order valence-electron chi connectivity index (χ3n) is 3.65. The Hall–Kier alpha value is -1.90. The summed E-state index contributed by atoms with van der Waals surface area (Å²) in [5, 5.41) is 9.60. The number of aryl methyl sites for hydroxylation is 1.